The van der Waals surface area contributed by atoms with E-state index in [0.717, 1.165) is 29.9 Å². The van der Waals surface area contributed by atoms with Crippen LogP contribution in [-0.4, -0.2) is 50.3 Å². The van der Waals surface area contributed by atoms with Crippen molar-refractivity contribution in [1.82, 2.24) is 15.0 Å². The maximum Gasteiger partial charge on any atom is 0.321 e. The van der Waals surface area contributed by atoms with Gasteiger partial charge in [0.15, 0.2) is 5.41 Å². The van der Waals surface area contributed by atoms with Crippen LogP contribution >= 0.6 is 0 Å². The number of piperidine rings is 1. The molecule has 2 N–H and O–H groups in total. The summed E-state index contributed by atoms with van der Waals surface area (Å²) in [6, 6.07) is 7.93. The first-order chi connectivity index (χ1) is 16.2. The zero-order chi connectivity index (χ0) is 24.1. The molecule has 8 heteroatoms. The van der Waals surface area contributed by atoms with E-state index >= 15 is 0 Å². The summed E-state index contributed by atoms with van der Waals surface area (Å²) in [5.74, 6) is 0.161. The van der Waals surface area contributed by atoms with E-state index in [0.29, 0.717) is 42.7 Å². The predicted octanol–water partition coefficient (Wildman–Crippen LogP) is 4.02. The molecule has 180 valence electrons. The number of carboxylic acid groups (broad SMARTS) is 2. The number of aliphatic carboxylic acids is 2. The summed E-state index contributed by atoms with van der Waals surface area (Å²) in [7, 11) is 0. The molecule has 1 aliphatic heterocycles. The van der Waals surface area contributed by atoms with Gasteiger partial charge in [-0.25, -0.2) is 0 Å². The number of rotatable bonds is 7. The molecule has 2 aromatic rings. The largest absolute Gasteiger partial charge is 0.480 e. The Kier molecular flexibility index (Phi) is 5.59. The van der Waals surface area contributed by atoms with Gasteiger partial charge in [0.25, 0.3) is 0 Å². The Labute approximate surface area is 198 Å². The number of hydrogen-bond acceptors (Lipinski definition) is 6. The molecule has 0 spiro atoms. The van der Waals surface area contributed by atoms with Gasteiger partial charge >= 0.3 is 11.9 Å². The smallest absolute Gasteiger partial charge is 0.321 e. The van der Waals surface area contributed by atoms with Crippen LogP contribution in [0.25, 0.3) is 11.4 Å². The average Bonchev–Trinajstić information content (AvgIpc) is 3.28. The van der Waals surface area contributed by atoms with Crippen molar-refractivity contribution in [3.8, 4) is 11.4 Å². The van der Waals surface area contributed by atoms with Gasteiger partial charge in [0.1, 0.15) is 0 Å². The van der Waals surface area contributed by atoms with Gasteiger partial charge in [-0.05, 0) is 48.5 Å². The Morgan fingerprint density at radius 1 is 1.12 bits per heavy atom. The Balaban J connectivity index is 1.19. The maximum absolute atomic E-state index is 11.5. The molecular formula is C26H31N3O5. The molecule has 0 radical (unpaired) electrons. The van der Waals surface area contributed by atoms with Crippen LogP contribution in [0.2, 0.25) is 0 Å². The van der Waals surface area contributed by atoms with Gasteiger partial charge in [0, 0.05) is 31.6 Å². The predicted molar refractivity (Wildman–Crippen MR) is 124 cm³/mol. The van der Waals surface area contributed by atoms with Crippen molar-refractivity contribution in [3.05, 3.63) is 47.4 Å². The second-order valence-corrected chi connectivity index (χ2v) is 10.7. The second kappa shape index (κ2) is 8.34. The highest BCUT2D eigenvalue weighted by molar-refractivity contribution is 5.98. The first kappa shape index (κ1) is 22.8. The first-order valence-electron chi connectivity index (χ1n) is 12.0. The minimum absolute atomic E-state index is 0.108. The third-order valence-corrected chi connectivity index (χ3v) is 8.55. The number of fused-ring (bicyclic) bond motifs is 1. The summed E-state index contributed by atoms with van der Waals surface area (Å²) in [5, 5.41) is 23.0. The molecule has 3 aliphatic carbocycles. The van der Waals surface area contributed by atoms with E-state index in [1.54, 1.807) is 0 Å². The molecule has 34 heavy (non-hydrogen) atoms. The molecule has 6 rings (SSSR count). The molecule has 0 amide bonds. The van der Waals surface area contributed by atoms with E-state index in [9.17, 15) is 19.8 Å². The lowest BCUT2D eigenvalue weighted by atomic mass is 9.48. The van der Waals surface area contributed by atoms with E-state index in [1.807, 2.05) is 24.3 Å². The Bertz CT molecular complexity index is 1110. The lowest BCUT2D eigenvalue weighted by Crippen LogP contribution is -2.48. The van der Waals surface area contributed by atoms with E-state index in [2.05, 4.69) is 35.0 Å². The van der Waals surface area contributed by atoms with Crippen molar-refractivity contribution in [2.45, 2.75) is 52.5 Å². The summed E-state index contributed by atoms with van der Waals surface area (Å²) < 4.78 is 5.56. The van der Waals surface area contributed by atoms with Crippen LogP contribution in [0.15, 0.2) is 40.4 Å². The van der Waals surface area contributed by atoms with Crippen molar-refractivity contribution in [2.24, 2.45) is 22.7 Å². The van der Waals surface area contributed by atoms with Gasteiger partial charge in [-0.3, -0.25) is 14.5 Å². The first-order valence-corrected chi connectivity index (χ1v) is 12.0. The fourth-order valence-corrected chi connectivity index (χ4v) is 5.92. The quantitative estimate of drug-likeness (QED) is 0.465. The van der Waals surface area contributed by atoms with Gasteiger partial charge in [-0.1, -0.05) is 54.9 Å². The highest BCUT2D eigenvalue weighted by Gasteiger charge is 2.51. The number of aromatic nitrogens is 2. The van der Waals surface area contributed by atoms with Crippen molar-refractivity contribution in [1.29, 1.82) is 0 Å². The normalized spacial score (nSPS) is 25.3. The zero-order valence-corrected chi connectivity index (χ0v) is 19.7. The molecule has 2 fully saturated rings. The Hall–Kier alpha value is -3.00. The van der Waals surface area contributed by atoms with Gasteiger partial charge in [-0.15, -0.1) is 0 Å². The van der Waals surface area contributed by atoms with Crippen molar-refractivity contribution in [3.63, 3.8) is 0 Å². The number of carbonyl (C=O) groups is 2. The molecule has 1 aromatic heterocycles. The monoisotopic (exact) mass is 465 g/mol. The Morgan fingerprint density at radius 3 is 2.38 bits per heavy atom. The molecule has 2 unspecified atom stereocenters. The fraction of sp³-hybridized carbons (Fsp3) is 0.538. The zero-order valence-electron chi connectivity index (χ0n) is 19.7. The Morgan fingerprint density at radius 2 is 1.79 bits per heavy atom. The third-order valence-electron chi connectivity index (χ3n) is 8.55. The minimum atomic E-state index is -1.67. The second-order valence-electron chi connectivity index (χ2n) is 10.7. The highest BCUT2D eigenvalue weighted by Crippen LogP contribution is 2.59. The summed E-state index contributed by atoms with van der Waals surface area (Å²) in [6.07, 6.45) is 5.71. The SMILES string of the molecule is CC1(C)C2CC=C(Cc3nc(-c4ccc(CN5CCC(C(=O)O)(C(=O)O)CC5)cc4)no3)C1C2. The molecule has 4 aliphatic rings. The summed E-state index contributed by atoms with van der Waals surface area (Å²) >= 11 is 0. The molecule has 2 heterocycles. The highest BCUT2D eigenvalue weighted by atomic mass is 16.5. The summed E-state index contributed by atoms with van der Waals surface area (Å²) in [4.78, 5) is 29.7. The van der Waals surface area contributed by atoms with Crippen molar-refractivity contribution < 1.29 is 24.3 Å². The maximum atomic E-state index is 11.5. The van der Waals surface area contributed by atoms with Gasteiger partial charge < -0.3 is 14.7 Å². The molecule has 1 aromatic carbocycles. The van der Waals surface area contributed by atoms with Gasteiger partial charge in [-0.2, -0.15) is 4.98 Å². The summed E-state index contributed by atoms with van der Waals surface area (Å²) in [6.45, 7) is 6.22. The standard InChI is InChI=1S/C26H31N3O5/c1-25(2)19-8-7-18(20(25)14-19)13-21-27-22(28-34-21)17-5-3-16(4-6-17)15-29-11-9-26(10-12-29,23(30)31)24(32)33/h3-7,19-20H,8-15H2,1-2H3,(H,30,31)(H,32,33). The van der Waals surface area contributed by atoms with Crippen molar-refractivity contribution in [2.75, 3.05) is 13.1 Å². The van der Waals surface area contributed by atoms with Crippen molar-refractivity contribution >= 4 is 11.9 Å². The number of nitrogens with zero attached hydrogens (tertiary/aromatic N) is 3. The number of benzene rings is 1. The lowest BCUT2D eigenvalue weighted by Gasteiger charge is -2.56. The minimum Gasteiger partial charge on any atom is -0.480 e. The third kappa shape index (κ3) is 3.83. The number of allylic oxidation sites excluding steroid dienone is 2. The number of carboxylic acids is 2. The van der Waals surface area contributed by atoms with Crippen LogP contribution < -0.4 is 0 Å². The topological polar surface area (TPSA) is 117 Å². The molecule has 2 bridgehead atoms. The fourth-order valence-electron chi connectivity index (χ4n) is 5.92. The van der Waals surface area contributed by atoms with Crippen LogP contribution in [0.1, 0.15) is 51.0 Å². The van der Waals surface area contributed by atoms with Crippen LogP contribution in [0.4, 0.5) is 0 Å². The van der Waals surface area contributed by atoms with Crippen LogP contribution in [-0.2, 0) is 22.6 Å². The molecule has 2 atom stereocenters. The van der Waals surface area contributed by atoms with E-state index in [1.165, 1.54) is 12.0 Å². The van der Waals surface area contributed by atoms with Crippen LogP contribution in [0.3, 0.4) is 0 Å². The van der Waals surface area contributed by atoms with Gasteiger partial charge in [0.2, 0.25) is 11.7 Å². The van der Waals surface area contributed by atoms with E-state index in [-0.39, 0.29) is 12.8 Å². The molecule has 1 saturated heterocycles. The van der Waals surface area contributed by atoms with Crippen LogP contribution in [0, 0.1) is 22.7 Å². The molecular weight excluding hydrogens is 434 g/mol. The van der Waals surface area contributed by atoms with Gasteiger partial charge in [0.05, 0.1) is 0 Å². The molecule has 8 nitrogen and oxygen atoms in total. The van der Waals surface area contributed by atoms with E-state index < -0.39 is 17.4 Å². The number of hydrogen-bond donors (Lipinski definition) is 2. The van der Waals surface area contributed by atoms with Crippen LogP contribution in [0.5, 0.6) is 0 Å². The average molecular weight is 466 g/mol. The lowest BCUT2D eigenvalue weighted by molar-refractivity contribution is -0.168. The number of likely N-dealkylation sites (tertiary alicyclic amines) is 1. The van der Waals surface area contributed by atoms with E-state index in [4.69, 9.17) is 4.52 Å². The molecule has 1 saturated carbocycles. The summed E-state index contributed by atoms with van der Waals surface area (Å²) in [5.41, 5.74) is 2.09.